The van der Waals surface area contributed by atoms with Gasteiger partial charge < -0.3 is 19.3 Å². The van der Waals surface area contributed by atoms with E-state index in [1.54, 1.807) is 19.0 Å². The van der Waals surface area contributed by atoms with Crippen molar-refractivity contribution in [3.05, 3.63) is 0 Å². The fourth-order valence-corrected chi connectivity index (χ4v) is 3.74. The lowest BCUT2D eigenvalue weighted by Gasteiger charge is -2.40. The minimum atomic E-state index is -1.62. The van der Waals surface area contributed by atoms with Crippen molar-refractivity contribution in [3.63, 3.8) is 0 Å². The zero-order valence-corrected chi connectivity index (χ0v) is 14.5. The third-order valence-electron chi connectivity index (χ3n) is 5.45. The summed E-state index contributed by atoms with van der Waals surface area (Å²) in [7, 11) is 3.38. The molecule has 0 aromatic carbocycles. The third-order valence-corrected chi connectivity index (χ3v) is 5.45. The van der Waals surface area contributed by atoms with E-state index in [4.69, 9.17) is 9.47 Å². The minimum absolute atomic E-state index is 0.00891. The van der Waals surface area contributed by atoms with E-state index in [1.807, 2.05) is 0 Å². The van der Waals surface area contributed by atoms with Crippen LogP contribution in [-0.4, -0.2) is 79.4 Å². The molecule has 136 valence electrons. The van der Waals surface area contributed by atoms with E-state index < -0.39 is 5.67 Å². The Morgan fingerprint density at radius 1 is 1.29 bits per heavy atom. The van der Waals surface area contributed by atoms with E-state index in [2.05, 4.69) is 0 Å². The highest BCUT2D eigenvalue weighted by atomic mass is 19.1. The molecule has 0 N–H and O–H groups in total. The Morgan fingerprint density at radius 3 is 2.67 bits per heavy atom. The van der Waals surface area contributed by atoms with Crippen molar-refractivity contribution in [2.75, 3.05) is 33.9 Å². The maximum absolute atomic E-state index is 14.4. The van der Waals surface area contributed by atoms with Gasteiger partial charge in [-0.3, -0.25) is 9.59 Å². The summed E-state index contributed by atoms with van der Waals surface area (Å²) in [5.41, 5.74) is -1.62. The van der Waals surface area contributed by atoms with Gasteiger partial charge in [0.2, 0.25) is 5.91 Å². The number of likely N-dealkylation sites (tertiary alicyclic amines) is 1. The smallest absolute Gasteiger partial charge is 0.260 e. The van der Waals surface area contributed by atoms with Gasteiger partial charge in [-0.1, -0.05) is 0 Å². The zero-order valence-electron chi connectivity index (χ0n) is 14.5. The third kappa shape index (κ3) is 3.42. The van der Waals surface area contributed by atoms with Gasteiger partial charge in [-0.15, -0.1) is 0 Å². The molecule has 0 bridgehead atoms. The van der Waals surface area contributed by atoms with Crippen LogP contribution in [0.3, 0.4) is 0 Å². The second-order valence-corrected chi connectivity index (χ2v) is 7.35. The van der Waals surface area contributed by atoms with E-state index in [-0.39, 0.29) is 36.7 Å². The topological polar surface area (TPSA) is 59.1 Å². The molecule has 1 aliphatic carbocycles. The summed E-state index contributed by atoms with van der Waals surface area (Å²) < 4.78 is 25.9. The molecular formula is C17H27FN2O4. The van der Waals surface area contributed by atoms with Crippen LogP contribution in [0, 0.1) is 0 Å². The summed E-state index contributed by atoms with van der Waals surface area (Å²) >= 11 is 0. The van der Waals surface area contributed by atoms with Crippen LogP contribution >= 0.6 is 0 Å². The molecule has 3 rings (SSSR count). The fraction of sp³-hybridized carbons (Fsp3) is 0.882. The van der Waals surface area contributed by atoms with Gasteiger partial charge in [0.1, 0.15) is 6.61 Å². The Morgan fingerprint density at radius 2 is 2.04 bits per heavy atom. The molecular weight excluding hydrogens is 315 g/mol. The molecule has 6 nitrogen and oxygen atoms in total. The number of nitrogens with zero attached hydrogens (tertiary/aromatic N) is 2. The molecule has 3 atom stereocenters. The highest BCUT2D eigenvalue weighted by Gasteiger charge is 2.51. The van der Waals surface area contributed by atoms with Crippen LogP contribution in [-0.2, 0) is 19.1 Å². The monoisotopic (exact) mass is 342 g/mol. The van der Waals surface area contributed by atoms with Gasteiger partial charge in [0.25, 0.3) is 5.91 Å². The zero-order chi connectivity index (χ0) is 17.3. The molecule has 3 aliphatic rings. The lowest BCUT2D eigenvalue weighted by molar-refractivity contribution is -0.157. The molecule has 0 unspecified atom stereocenters. The number of amides is 2. The Hall–Kier alpha value is -1.21. The van der Waals surface area contributed by atoms with Gasteiger partial charge in [-0.05, 0) is 38.5 Å². The first kappa shape index (κ1) is 17.6. The predicted octanol–water partition coefficient (Wildman–Crippen LogP) is 1.13. The number of likely N-dealkylation sites (N-methyl/N-ethyl adjacent to an activating group) is 1. The molecule has 0 aromatic rings. The van der Waals surface area contributed by atoms with Gasteiger partial charge in [0, 0.05) is 20.6 Å². The number of halogens is 1. The Labute approximate surface area is 142 Å². The lowest BCUT2D eigenvalue weighted by Crippen LogP contribution is -2.54. The van der Waals surface area contributed by atoms with Crippen molar-refractivity contribution in [1.29, 1.82) is 0 Å². The van der Waals surface area contributed by atoms with Gasteiger partial charge in [0.05, 0.1) is 24.9 Å². The van der Waals surface area contributed by atoms with Crippen molar-refractivity contribution in [3.8, 4) is 0 Å². The van der Waals surface area contributed by atoms with Gasteiger partial charge in [-0.2, -0.15) is 0 Å². The normalized spacial score (nSPS) is 31.3. The van der Waals surface area contributed by atoms with Crippen LogP contribution in [0.5, 0.6) is 0 Å². The molecule has 2 saturated heterocycles. The summed E-state index contributed by atoms with van der Waals surface area (Å²) in [4.78, 5) is 27.1. The van der Waals surface area contributed by atoms with Crippen LogP contribution < -0.4 is 0 Å². The number of hydrogen-bond acceptors (Lipinski definition) is 4. The molecule has 2 aliphatic heterocycles. The van der Waals surface area contributed by atoms with Crippen LogP contribution in [0.1, 0.15) is 38.5 Å². The molecule has 7 heteroatoms. The average Bonchev–Trinajstić information content (AvgIpc) is 2.94. The fourth-order valence-electron chi connectivity index (χ4n) is 3.74. The quantitative estimate of drug-likeness (QED) is 0.752. The van der Waals surface area contributed by atoms with E-state index >= 15 is 0 Å². The summed E-state index contributed by atoms with van der Waals surface area (Å²) in [6.07, 6.45) is 3.74. The van der Waals surface area contributed by atoms with E-state index in [1.165, 1.54) is 4.90 Å². The van der Waals surface area contributed by atoms with Crippen molar-refractivity contribution < 1.29 is 23.5 Å². The number of carbonyl (C=O) groups excluding carboxylic acids is 2. The summed E-state index contributed by atoms with van der Waals surface area (Å²) in [5.74, 6) is -0.411. The summed E-state index contributed by atoms with van der Waals surface area (Å²) in [6, 6.07) is -0.00891. The van der Waals surface area contributed by atoms with Crippen molar-refractivity contribution in [2.24, 2.45) is 0 Å². The van der Waals surface area contributed by atoms with Crippen molar-refractivity contribution in [1.82, 2.24) is 9.80 Å². The average molecular weight is 342 g/mol. The SMILES string of the molecule is CN(C)C(=O)COC[C@@H]1CC[C@@H]2[C@@H](CCN2C(=O)C2(F)CCC2)O1. The number of carbonyl (C=O) groups is 2. The highest BCUT2D eigenvalue weighted by Crippen LogP contribution is 2.41. The first-order chi connectivity index (χ1) is 11.4. The Balaban J connectivity index is 1.46. The Kier molecular flexibility index (Phi) is 5.11. The number of hydrogen-bond donors (Lipinski definition) is 0. The number of alkyl halides is 1. The van der Waals surface area contributed by atoms with Crippen LogP contribution in [0.15, 0.2) is 0 Å². The summed E-state index contributed by atoms with van der Waals surface area (Å²) in [6.45, 7) is 1.01. The second kappa shape index (κ2) is 6.96. The molecule has 3 fully saturated rings. The van der Waals surface area contributed by atoms with Gasteiger partial charge in [-0.25, -0.2) is 4.39 Å². The standard InChI is InChI=1S/C17H27FN2O4/c1-19(2)15(21)11-23-10-12-4-5-13-14(24-12)6-9-20(13)16(22)17(18)7-3-8-17/h12-14H,3-11H2,1-2H3/t12-,13+,14+/m0/s1. The number of rotatable bonds is 5. The molecule has 24 heavy (non-hydrogen) atoms. The minimum Gasteiger partial charge on any atom is -0.370 e. The van der Waals surface area contributed by atoms with Crippen molar-refractivity contribution in [2.45, 2.75) is 62.4 Å². The van der Waals surface area contributed by atoms with Crippen LogP contribution in [0.25, 0.3) is 0 Å². The first-order valence-corrected chi connectivity index (χ1v) is 8.84. The molecule has 2 heterocycles. The van der Waals surface area contributed by atoms with Gasteiger partial charge >= 0.3 is 0 Å². The molecule has 0 spiro atoms. The second-order valence-electron chi connectivity index (χ2n) is 7.35. The molecule has 1 saturated carbocycles. The maximum Gasteiger partial charge on any atom is 0.260 e. The molecule has 0 radical (unpaired) electrons. The van der Waals surface area contributed by atoms with E-state index in [0.717, 1.165) is 25.7 Å². The van der Waals surface area contributed by atoms with Crippen LogP contribution in [0.4, 0.5) is 4.39 Å². The molecule has 0 aromatic heterocycles. The van der Waals surface area contributed by atoms with E-state index in [9.17, 15) is 14.0 Å². The molecule has 2 amide bonds. The largest absolute Gasteiger partial charge is 0.370 e. The van der Waals surface area contributed by atoms with Crippen molar-refractivity contribution >= 4 is 11.8 Å². The first-order valence-electron chi connectivity index (χ1n) is 8.84. The number of fused-ring (bicyclic) bond motifs is 1. The van der Waals surface area contributed by atoms with Gasteiger partial charge in [0.15, 0.2) is 5.67 Å². The Bertz CT molecular complexity index is 495. The maximum atomic E-state index is 14.4. The summed E-state index contributed by atoms with van der Waals surface area (Å²) in [5, 5.41) is 0. The van der Waals surface area contributed by atoms with E-state index in [0.29, 0.717) is 26.0 Å². The highest BCUT2D eigenvalue weighted by molar-refractivity contribution is 5.86. The predicted molar refractivity (Wildman–Crippen MR) is 85.2 cm³/mol. The number of ether oxygens (including phenoxy) is 2. The van der Waals surface area contributed by atoms with Crippen LogP contribution in [0.2, 0.25) is 0 Å². The lowest BCUT2D eigenvalue weighted by atomic mass is 9.80.